The van der Waals surface area contributed by atoms with Crippen LogP contribution in [-0.4, -0.2) is 111 Å². The molecule has 412 valence electrons. The van der Waals surface area contributed by atoms with Gasteiger partial charge in [0.15, 0.2) is 11.6 Å². The predicted octanol–water partition coefficient (Wildman–Crippen LogP) is 9.28. The molecule has 8 heterocycles. The maximum Gasteiger partial charge on any atom is 0.410 e. The number of benzene rings is 2. The normalized spacial score (nSPS) is 15.7. The van der Waals surface area contributed by atoms with Gasteiger partial charge in [0.05, 0.1) is 58.6 Å². The maximum atomic E-state index is 13.4. The minimum atomic E-state index is -0.624. The van der Waals surface area contributed by atoms with E-state index in [1.807, 2.05) is 119 Å². The number of nitrogens with one attached hydrogen (secondary N) is 3. The van der Waals surface area contributed by atoms with Crippen molar-refractivity contribution in [1.29, 1.82) is 0 Å². The van der Waals surface area contributed by atoms with Crippen molar-refractivity contribution in [1.82, 2.24) is 79.7 Å². The Balaban J connectivity index is 0.000000195. The van der Waals surface area contributed by atoms with Gasteiger partial charge in [-0.05, 0) is 140 Å². The Bertz CT molecular complexity index is 3460. The molecule has 0 radical (unpaired) electrons. The third kappa shape index (κ3) is 14.0. The van der Waals surface area contributed by atoms with Gasteiger partial charge in [-0.2, -0.15) is 10.2 Å². The van der Waals surface area contributed by atoms with Crippen LogP contribution >= 0.6 is 0 Å². The van der Waals surface area contributed by atoms with Crippen molar-refractivity contribution in [2.24, 2.45) is 14.1 Å². The van der Waals surface area contributed by atoms with Crippen molar-refractivity contribution in [2.75, 3.05) is 23.7 Å². The van der Waals surface area contributed by atoms with Crippen LogP contribution in [0.2, 0.25) is 0 Å². The summed E-state index contributed by atoms with van der Waals surface area (Å²) in [6, 6.07) is 16.2. The fourth-order valence-corrected chi connectivity index (χ4v) is 9.41. The summed E-state index contributed by atoms with van der Waals surface area (Å²) in [5.74, 6) is 0.905. The van der Waals surface area contributed by atoms with Gasteiger partial charge in [0.1, 0.15) is 17.0 Å². The summed E-state index contributed by atoms with van der Waals surface area (Å²) < 4.78 is 12.6. The summed E-state index contributed by atoms with van der Waals surface area (Å²) in [5.41, 5.74) is 9.04. The van der Waals surface area contributed by atoms with Crippen molar-refractivity contribution in [3.63, 3.8) is 0 Å². The van der Waals surface area contributed by atoms with Gasteiger partial charge in [0, 0.05) is 82.5 Å². The molecular formula is C57H70N18O4. The van der Waals surface area contributed by atoms with E-state index in [0.717, 1.165) is 64.5 Å². The first-order chi connectivity index (χ1) is 37.5. The second kappa shape index (κ2) is 22.8. The molecule has 1 amide bonds. The molecule has 79 heavy (non-hydrogen) atoms. The first kappa shape index (κ1) is 55.2. The summed E-state index contributed by atoms with van der Waals surface area (Å²) in [7, 11) is 3.71. The molecule has 2 aliphatic rings. The number of anilines is 4. The molecule has 2 atom stereocenters. The number of Topliss-reactive ketones (excluding diaryl/α,β-unsaturated/α-hetero) is 2. The van der Waals surface area contributed by atoms with Crippen LogP contribution in [0, 0.1) is 0 Å². The summed E-state index contributed by atoms with van der Waals surface area (Å²) in [5, 5.41) is 34.8. The Hall–Kier alpha value is -8.53. The number of amides is 1. The molecule has 6 aromatic heterocycles. The van der Waals surface area contributed by atoms with Gasteiger partial charge in [-0.1, -0.05) is 34.7 Å². The quantitative estimate of drug-likeness (QED) is 0.0964. The number of nitrogens with zero attached hydrogens (tertiary/aromatic N) is 15. The minimum absolute atomic E-state index is 0.0225. The highest BCUT2D eigenvalue weighted by atomic mass is 16.6. The van der Waals surface area contributed by atoms with Gasteiger partial charge >= 0.3 is 6.09 Å². The number of carbonyl (C=O) groups excluding carboxylic acids is 3. The van der Waals surface area contributed by atoms with Crippen LogP contribution in [0.1, 0.15) is 143 Å². The smallest absolute Gasteiger partial charge is 0.410 e. The van der Waals surface area contributed by atoms with Gasteiger partial charge in [-0.15, -0.1) is 10.2 Å². The number of hydrogen-bond acceptors (Lipinski definition) is 17. The monoisotopic (exact) mass is 1070 g/mol. The zero-order chi connectivity index (χ0) is 56.2. The minimum Gasteiger partial charge on any atom is -0.444 e. The first-order valence-electron chi connectivity index (χ1n) is 26.6. The van der Waals surface area contributed by atoms with E-state index in [0.29, 0.717) is 49.2 Å². The first-order valence-corrected chi connectivity index (χ1v) is 26.6. The van der Waals surface area contributed by atoms with Crippen molar-refractivity contribution < 1.29 is 19.1 Å². The lowest BCUT2D eigenvalue weighted by atomic mass is 9.87. The highest BCUT2D eigenvalue weighted by Crippen LogP contribution is 2.36. The molecule has 2 aromatic carbocycles. The number of ketones is 2. The highest BCUT2D eigenvalue weighted by Gasteiger charge is 2.31. The topological polar surface area (TPSA) is 248 Å². The molecule has 0 saturated carbocycles. The second-order valence-corrected chi connectivity index (χ2v) is 23.2. The number of hydrogen-bond donors (Lipinski definition) is 3. The van der Waals surface area contributed by atoms with Crippen LogP contribution in [0.5, 0.6) is 0 Å². The Labute approximate surface area is 459 Å². The van der Waals surface area contributed by atoms with Crippen LogP contribution in [0.4, 0.5) is 28.1 Å². The lowest BCUT2D eigenvalue weighted by molar-refractivity contribution is 0.0234. The van der Waals surface area contributed by atoms with Gasteiger partial charge in [0.25, 0.3) is 0 Å². The average Bonchev–Trinajstić information content (AvgIpc) is 4.25. The van der Waals surface area contributed by atoms with Crippen LogP contribution in [-0.2, 0) is 43.0 Å². The zero-order valence-electron chi connectivity index (χ0n) is 46.9. The van der Waals surface area contributed by atoms with E-state index < -0.39 is 5.60 Å². The van der Waals surface area contributed by atoms with Crippen LogP contribution in [0.25, 0.3) is 22.5 Å². The van der Waals surface area contributed by atoms with E-state index in [-0.39, 0.29) is 47.0 Å². The van der Waals surface area contributed by atoms with E-state index in [1.54, 1.807) is 60.8 Å². The average molecular weight is 1070 g/mol. The zero-order valence-corrected chi connectivity index (χ0v) is 46.9. The third-order valence-electron chi connectivity index (χ3n) is 13.5. The van der Waals surface area contributed by atoms with Crippen molar-refractivity contribution in [3.8, 4) is 22.5 Å². The molecule has 0 aliphatic carbocycles. The molecule has 8 aromatic rings. The molecule has 0 saturated heterocycles. The second-order valence-electron chi connectivity index (χ2n) is 23.2. The fourth-order valence-electron chi connectivity index (χ4n) is 9.41. The lowest BCUT2D eigenvalue weighted by Gasteiger charge is -2.26. The Morgan fingerprint density at radius 1 is 0.646 bits per heavy atom. The molecule has 0 spiro atoms. The van der Waals surface area contributed by atoms with Crippen LogP contribution in [0.3, 0.4) is 0 Å². The summed E-state index contributed by atoms with van der Waals surface area (Å²) in [6.07, 6.45) is 15.8. The predicted molar refractivity (Wildman–Crippen MR) is 299 cm³/mol. The molecular weight excluding hydrogens is 1000 g/mol. The molecule has 10 rings (SSSR count). The molecule has 22 nitrogen and oxygen atoms in total. The van der Waals surface area contributed by atoms with Gasteiger partial charge < -0.3 is 25.6 Å². The Kier molecular flexibility index (Phi) is 16.0. The summed E-state index contributed by atoms with van der Waals surface area (Å²) in [4.78, 5) is 59.5. The fraction of sp³-hybridized carbons (Fsp3) is 0.421. The number of aryl methyl sites for hydroxylation is 2. The molecule has 3 N–H and O–H groups in total. The van der Waals surface area contributed by atoms with Crippen molar-refractivity contribution >= 4 is 40.9 Å². The van der Waals surface area contributed by atoms with E-state index >= 15 is 0 Å². The van der Waals surface area contributed by atoms with Gasteiger partial charge in [0.2, 0.25) is 11.9 Å². The molecule has 22 heteroatoms. The number of rotatable bonds is 12. The SMILES string of the molecule is Cn1cc(Nc2nccc(-c3ccc4c(c3)CN(C(=O)OC(C)(C)C)CC[C@H]4CC(=O)c3cn(C(C)(C)C)nn3)n2)cn1.Cn1cc(Nc2nccc(-c3ccc4c(c3)CNCC[C@H]4CC(=O)c3cn(C(C)(C)C)nn3)n2)cn1. The van der Waals surface area contributed by atoms with E-state index in [4.69, 9.17) is 14.7 Å². The number of ether oxygens (including phenoxy) is 1. The van der Waals surface area contributed by atoms with Crippen LogP contribution in [0.15, 0.2) is 98.1 Å². The molecule has 0 fully saturated rings. The lowest BCUT2D eigenvalue weighted by Crippen LogP contribution is -2.36. The molecule has 0 bridgehead atoms. The van der Waals surface area contributed by atoms with Crippen molar-refractivity contribution in [3.05, 3.63) is 132 Å². The number of aromatic nitrogens is 14. The van der Waals surface area contributed by atoms with Gasteiger partial charge in [-0.3, -0.25) is 19.0 Å². The van der Waals surface area contributed by atoms with E-state index in [2.05, 4.69) is 74.9 Å². The highest BCUT2D eigenvalue weighted by molar-refractivity contribution is 5.95. The van der Waals surface area contributed by atoms with Gasteiger partial charge in [-0.25, -0.2) is 34.1 Å². The third-order valence-corrected chi connectivity index (χ3v) is 13.5. The number of carbonyl (C=O) groups is 3. The Morgan fingerprint density at radius 3 is 1.61 bits per heavy atom. The standard InChI is InChI=1S/C31H39N9O3.C26H31N9O/c1-30(2,3)40-19-26(36-37-40)27(41)15-20-11-13-39(29(42)43-31(4,5)6)17-22-14-21(8-9-24(20)22)25-10-12-32-28(35-25)34-23-16-33-38(7)18-23;1-26(2,3)35-16-23(32-33-35)24(36)12-17-7-9-27-13-19-11-18(5-6-21(17)19)22-8-10-28-25(31-22)30-20-14-29-34(4)15-20/h8-10,12,14,16,18-20H,11,13,15,17H2,1-7H3,(H,32,34,35);5-6,8,10-11,14-17,27H,7,9,12-13H2,1-4H3,(H,28,30,31)/t20-;17-/m00/s1. The van der Waals surface area contributed by atoms with E-state index in [1.165, 1.54) is 11.1 Å². The summed E-state index contributed by atoms with van der Waals surface area (Å²) in [6.45, 7) is 20.1. The number of fused-ring (bicyclic) bond motifs is 2. The van der Waals surface area contributed by atoms with Crippen LogP contribution < -0.4 is 16.0 Å². The largest absolute Gasteiger partial charge is 0.444 e. The molecule has 0 unspecified atom stereocenters. The summed E-state index contributed by atoms with van der Waals surface area (Å²) >= 11 is 0. The maximum absolute atomic E-state index is 13.4. The van der Waals surface area contributed by atoms with E-state index in [9.17, 15) is 14.4 Å². The molecule has 2 aliphatic heterocycles. The Morgan fingerprint density at radius 2 is 1.14 bits per heavy atom. The van der Waals surface area contributed by atoms with Crippen molar-refractivity contribution in [2.45, 2.75) is 130 Å².